The molecule has 32 heavy (non-hydrogen) atoms. The van der Waals surface area contributed by atoms with E-state index in [0.29, 0.717) is 19.8 Å². The lowest BCUT2D eigenvalue weighted by Gasteiger charge is -2.14. The molecule has 1 aliphatic rings. The molecule has 2 N–H and O–H groups in total. The molecule has 3 rings (SSSR count). The predicted molar refractivity (Wildman–Crippen MR) is 128 cm³/mol. The van der Waals surface area contributed by atoms with Gasteiger partial charge < -0.3 is 24.8 Å². The standard InChI is InChI=1S/C25H36N4O3/c1-20(2)32-23-10-8-22(9-11-23)29-25(28-15-12-21-6-3-13-26-18-21)27-14-5-16-30-19-24-7-4-17-31-24/h3,6,8-11,13,18,20,24H,4-5,7,12,14-17,19H2,1-2H3,(H2,27,28,29). The first-order valence-electron chi connectivity index (χ1n) is 11.6. The predicted octanol–water partition coefficient (Wildman–Crippen LogP) is 4.05. The molecule has 0 saturated carbocycles. The van der Waals surface area contributed by atoms with Gasteiger partial charge in [0.25, 0.3) is 0 Å². The molecule has 0 spiro atoms. The van der Waals surface area contributed by atoms with Crippen molar-refractivity contribution in [3.8, 4) is 5.75 Å². The summed E-state index contributed by atoms with van der Waals surface area (Å²) in [6.07, 6.45) is 8.10. The Balaban J connectivity index is 1.47. The third-order valence-electron chi connectivity index (χ3n) is 4.96. The van der Waals surface area contributed by atoms with Crippen molar-refractivity contribution in [3.05, 3.63) is 54.4 Å². The highest BCUT2D eigenvalue weighted by atomic mass is 16.5. The van der Waals surface area contributed by atoms with Gasteiger partial charge in [0.1, 0.15) is 5.75 Å². The van der Waals surface area contributed by atoms with E-state index >= 15 is 0 Å². The van der Waals surface area contributed by atoms with Crippen molar-refractivity contribution >= 4 is 11.6 Å². The average Bonchev–Trinajstić information content (AvgIpc) is 3.31. The Bertz CT molecular complexity index is 791. The number of anilines is 1. The summed E-state index contributed by atoms with van der Waals surface area (Å²) in [5.41, 5.74) is 2.15. The second-order valence-electron chi connectivity index (χ2n) is 8.15. The summed E-state index contributed by atoms with van der Waals surface area (Å²) in [6, 6.07) is 12.0. The van der Waals surface area contributed by atoms with Crippen LogP contribution in [0.3, 0.4) is 0 Å². The van der Waals surface area contributed by atoms with E-state index in [9.17, 15) is 0 Å². The zero-order chi connectivity index (χ0) is 22.4. The summed E-state index contributed by atoms with van der Waals surface area (Å²) in [4.78, 5) is 8.90. The number of rotatable bonds is 12. The Morgan fingerprint density at radius 2 is 2.12 bits per heavy atom. The number of ether oxygens (including phenoxy) is 3. The maximum absolute atomic E-state index is 5.75. The van der Waals surface area contributed by atoms with Gasteiger partial charge in [-0.05, 0) is 75.4 Å². The minimum Gasteiger partial charge on any atom is -0.491 e. The van der Waals surface area contributed by atoms with Gasteiger partial charge in [0, 0.05) is 44.4 Å². The Hall–Kier alpha value is -2.64. The molecule has 0 aliphatic carbocycles. The molecule has 0 bridgehead atoms. The van der Waals surface area contributed by atoms with E-state index in [1.165, 1.54) is 5.56 Å². The van der Waals surface area contributed by atoms with Crippen molar-refractivity contribution in [3.63, 3.8) is 0 Å². The van der Waals surface area contributed by atoms with E-state index in [0.717, 1.165) is 56.2 Å². The van der Waals surface area contributed by atoms with E-state index < -0.39 is 0 Å². The lowest BCUT2D eigenvalue weighted by Crippen LogP contribution is -2.32. The van der Waals surface area contributed by atoms with Gasteiger partial charge in [-0.15, -0.1) is 0 Å². The van der Waals surface area contributed by atoms with Crippen LogP contribution in [0.15, 0.2) is 53.8 Å². The van der Waals surface area contributed by atoms with Gasteiger partial charge >= 0.3 is 0 Å². The molecule has 1 saturated heterocycles. The van der Waals surface area contributed by atoms with Crippen LogP contribution in [0.25, 0.3) is 0 Å². The van der Waals surface area contributed by atoms with Crippen molar-refractivity contribution < 1.29 is 14.2 Å². The van der Waals surface area contributed by atoms with Crippen LogP contribution in [0.1, 0.15) is 38.7 Å². The van der Waals surface area contributed by atoms with Gasteiger partial charge in [0.2, 0.25) is 0 Å². The van der Waals surface area contributed by atoms with Gasteiger partial charge in [-0.2, -0.15) is 0 Å². The van der Waals surface area contributed by atoms with Gasteiger partial charge in [0.05, 0.1) is 18.8 Å². The largest absolute Gasteiger partial charge is 0.491 e. The first kappa shape index (κ1) is 24.0. The number of nitrogens with zero attached hydrogens (tertiary/aromatic N) is 2. The third-order valence-corrected chi connectivity index (χ3v) is 4.96. The summed E-state index contributed by atoms with van der Waals surface area (Å²) < 4.78 is 17.1. The summed E-state index contributed by atoms with van der Waals surface area (Å²) in [7, 11) is 0. The molecule has 7 nitrogen and oxygen atoms in total. The number of benzene rings is 1. The van der Waals surface area contributed by atoms with Gasteiger partial charge in [-0.1, -0.05) is 6.07 Å². The highest BCUT2D eigenvalue weighted by molar-refractivity contribution is 5.93. The topological polar surface area (TPSA) is 77.0 Å². The molecule has 2 heterocycles. The van der Waals surface area contributed by atoms with Crippen LogP contribution in [0, 0.1) is 0 Å². The number of pyridine rings is 1. The van der Waals surface area contributed by atoms with E-state index in [4.69, 9.17) is 19.2 Å². The van der Waals surface area contributed by atoms with E-state index in [1.54, 1.807) is 6.20 Å². The van der Waals surface area contributed by atoms with Crippen LogP contribution in [-0.2, 0) is 15.9 Å². The molecule has 1 aromatic heterocycles. The number of aliphatic imine (C=N–C) groups is 1. The minimum absolute atomic E-state index is 0.155. The van der Waals surface area contributed by atoms with Crippen LogP contribution in [0.5, 0.6) is 5.75 Å². The van der Waals surface area contributed by atoms with Gasteiger partial charge in [-0.3, -0.25) is 9.98 Å². The molecule has 1 aromatic carbocycles. The van der Waals surface area contributed by atoms with E-state index in [-0.39, 0.29) is 12.2 Å². The van der Waals surface area contributed by atoms with Crippen LogP contribution >= 0.6 is 0 Å². The normalized spacial score (nSPS) is 16.3. The van der Waals surface area contributed by atoms with Gasteiger partial charge in [-0.25, -0.2) is 0 Å². The second kappa shape index (κ2) is 13.7. The van der Waals surface area contributed by atoms with Crippen molar-refractivity contribution in [2.45, 2.75) is 51.7 Å². The summed E-state index contributed by atoms with van der Waals surface area (Å²) in [5.74, 6) is 1.61. The molecule has 1 unspecified atom stereocenters. The fourth-order valence-corrected chi connectivity index (χ4v) is 3.38. The number of nitrogens with one attached hydrogen (secondary N) is 2. The summed E-state index contributed by atoms with van der Waals surface area (Å²) >= 11 is 0. The van der Waals surface area contributed by atoms with Gasteiger partial charge in [0.15, 0.2) is 5.96 Å². The third kappa shape index (κ3) is 9.24. The Morgan fingerprint density at radius 3 is 2.84 bits per heavy atom. The number of hydrogen-bond donors (Lipinski definition) is 2. The fourth-order valence-electron chi connectivity index (χ4n) is 3.38. The molecule has 2 aromatic rings. The zero-order valence-corrected chi connectivity index (χ0v) is 19.3. The molecule has 1 aliphatic heterocycles. The Kier molecular flexibility index (Phi) is 10.3. The Labute approximate surface area is 191 Å². The number of guanidine groups is 1. The SMILES string of the molecule is CC(C)Oc1ccc(NC(=NCCCOCC2CCCO2)NCCc2cccnc2)cc1. The van der Waals surface area contributed by atoms with Crippen LogP contribution in [0.2, 0.25) is 0 Å². The average molecular weight is 441 g/mol. The second-order valence-corrected chi connectivity index (χ2v) is 8.15. The summed E-state index contributed by atoms with van der Waals surface area (Å²) in [6.45, 7) is 7.73. The highest BCUT2D eigenvalue weighted by Gasteiger charge is 2.14. The lowest BCUT2D eigenvalue weighted by molar-refractivity contribution is 0.0171. The van der Waals surface area contributed by atoms with Crippen LogP contribution in [0.4, 0.5) is 5.69 Å². The molecular weight excluding hydrogens is 404 g/mol. The lowest BCUT2D eigenvalue weighted by atomic mass is 10.2. The molecule has 1 fully saturated rings. The van der Waals surface area contributed by atoms with Crippen LogP contribution < -0.4 is 15.4 Å². The molecule has 7 heteroatoms. The molecule has 1 atom stereocenters. The Morgan fingerprint density at radius 1 is 1.25 bits per heavy atom. The van der Waals surface area contributed by atoms with Crippen molar-refractivity contribution in [1.82, 2.24) is 10.3 Å². The van der Waals surface area contributed by atoms with Crippen molar-refractivity contribution in [2.75, 3.05) is 38.2 Å². The van der Waals surface area contributed by atoms with Crippen LogP contribution in [-0.4, -0.2) is 56.1 Å². The molecule has 174 valence electrons. The first-order valence-corrected chi connectivity index (χ1v) is 11.6. The monoisotopic (exact) mass is 440 g/mol. The van der Waals surface area contributed by atoms with E-state index in [1.807, 2.05) is 50.4 Å². The number of hydrogen-bond acceptors (Lipinski definition) is 5. The number of aromatic nitrogens is 1. The van der Waals surface area contributed by atoms with E-state index in [2.05, 4.69) is 21.7 Å². The molecule has 0 amide bonds. The molecule has 0 radical (unpaired) electrons. The zero-order valence-electron chi connectivity index (χ0n) is 19.3. The van der Waals surface area contributed by atoms with Crippen molar-refractivity contribution in [2.24, 2.45) is 4.99 Å². The summed E-state index contributed by atoms with van der Waals surface area (Å²) in [5, 5.41) is 6.81. The smallest absolute Gasteiger partial charge is 0.195 e. The van der Waals surface area contributed by atoms with Crippen molar-refractivity contribution in [1.29, 1.82) is 0 Å². The quantitative estimate of drug-likeness (QED) is 0.295. The minimum atomic E-state index is 0.155. The fraction of sp³-hybridized carbons (Fsp3) is 0.520. The maximum atomic E-state index is 5.75. The molecular formula is C25H36N4O3. The highest BCUT2D eigenvalue weighted by Crippen LogP contribution is 2.17. The first-order chi connectivity index (χ1) is 15.7. The maximum Gasteiger partial charge on any atom is 0.195 e.